The quantitative estimate of drug-likeness (QED) is 0.739. The molecule has 3 heteroatoms. The van der Waals surface area contributed by atoms with Crippen LogP contribution in [0.2, 0.25) is 0 Å². The highest BCUT2D eigenvalue weighted by molar-refractivity contribution is 5.28. The molecule has 0 saturated carbocycles. The van der Waals surface area contributed by atoms with Gasteiger partial charge in [0.15, 0.2) is 0 Å². The molecular formula is C14H21F2N. The minimum Gasteiger partial charge on any atom is -0.313 e. The molecule has 0 saturated heterocycles. The maximum absolute atomic E-state index is 13.7. The monoisotopic (exact) mass is 241 g/mol. The number of benzene rings is 1. The van der Waals surface area contributed by atoms with Crippen LogP contribution in [-0.2, 0) is 0 Å². The summed E-state index contributed by atoms with van der Waals surface area (Å²) in [5.74, 6) is -0.932. The number of halogens is 2. The highest BCUT2D eigenvalue weighted by Gasteiger charge is 2.15. The maximum atomic E-state index is 13.7. The van der Waals surface area contributed by atoms with E-state index < -0.39 is 11.6 Å². The van der Waals surface area contributed by atoms with Gasteiger partial charge in [-0.3, -0.25) is 0 Å². The van der Waals surface area contributed by atoms with E-state index in [9.17, 15) is 8.78 Å². The van der Waals surface area contributed by atoms with Crippen LogP contribution in [0, 0.1) is 18.6 Å². The summed E-state index contributed by atoms with van der Waals surface area (Å²) in [5.41, 5.74) is 1.07. The third-order valence-electron chi connectivity index (χ3n) is 3.10. The lowest BCUT2D eigenvalue weighted by Crippen LogP contribution is -2.18. The molecule has 1 unspecified atom stereocenters. The Hall–Kier alpha value is -0.960. The average molecular weight is 241 g/mol. The fourth-order valence-electron chi connectivity index (χ4n) is 2.00. The normalized spacial score (nSPS) is 12.8. The van der Waals surface area contributed by atoms with E-state index in [0.29, 0.717) is 11.1 Å². The van der Waals surface area contributed by atoms with Gasteiger partial charge in [-0.1, -0.05) is 26.2 Å². The van der Waals surface area contributed by atoms with Crippen LogP contribution < -0.4 is 5.32 Å². The second kappa shape index (κ2) is 6.70. The topological polar surface area (TPSA) is 12.0 Å². The predicted molar refractivity (Wildman–Crippen MR) is 67.0 cm³/mol. The molecule has 1 aromatic rings. The van der Waals surface area contributed by atoms with Gasteiger partial charge in [0, 0.05) is 17.7 Å². The van der Waals surface area contributed by atoms with Crippen molar-refractivity contribution in [2.45, 2.75) is 45.6 Å². The number of nitrogens with one attached hydrogen (secondary N) is 1. The van der Waals surface area contributed by atoms with Crippen molar-refractivity contribution >= 4 is 0 Å². The molecule has 0 aliphatic heterocycles. The van der Waals surface area contributed by atoms with Crippen molar-refractivity contribution in [2.75, 3.05) is 7.05 Å². The number of aryl methyl sites for hydroxylation is 1. The largest absolute Gasteiger partial charge is 0.313 e. The lowest BCUT2D eigenvalue weighted by molar-refractivity contribution is 0.479. The Morgan fingerprint density at radius 1 is 1.18 bits per heavy atom. The van der Waals surface area contributed by atoms with E-state index in [1.165, 1.54) is 0 Å². The number of unbranched alkanes of at least 4 members (excludes halogenated alkanes) is 2. The predicted octanol–water partition coefficient (Wildman–Crippen LogP) is 4.11. The number of hydrogen-bond acceptors (Lipinski definition) is 1. The van der Waals surface area contributed by atoms with Crippen LogP contribution in [0.1, 0.15) is 49.8 Å². The molecule has 0 heterocycles. The molecule has 0 spiro atoms. The summed E-state index contributed by atoms with van der Waals surface area (Å²) in [7, 11) is 1.81. The van der Waals surface area contributed by atoms with E-state index in [1.54, 1.807) is 13.0 Å². The van der Waals surface area contributed by atoms with Crippen molar-refractivity contribution in [3.05, 3.63) is 34.9 Å². The summed E-state index contributed by atoms with van der Waals surface area (Å²) in [5, 5.41) is 3.10. The standard InChI is InChI=1S/C14H21F2N/c1-4-5-6-7-14(17-3)11-8-10(2)12(15)9-13(11)16/h8-9,14,17H,4-7H2,1-3H3. The van der Waals surface area contributed by atoms with Crippen LogP contribution in [0.15, 0.2) is 12.1 Å². The Bertz CT molecular complexity index is 363. The van der Waals surface area contributed by atoms with Crippen LogP contribution in [0.5, 0.6) is 0 Å². The zero-order chi connectivity index (χ0) is 12.8. The van der Waals surface area contributed by atoms with Gasteiger partial charge in [0.05, 0.1) is 0 Å². The molecule has 0 aromatic heterocycles. The second-order valence-corrected chi connectivity index (χ2v) is 4.46. The van der Waals surface area contributed by atoms with Gasteiger partial charge in [0.25, 0.3) is 0 Å². The van der Waals surface area contributed by atoms with E-state index in [4.69, 9.17) is 0 Å². The molecule has 0 aliphatic rings. The van der Waals surface area contributed by atoms with E-state index in [1.807, 2.05) is 7.05 Å². The highest BCUT2D eigenvalue weighted by atomic mass is 19.1. The zero-order valence-electron chi connectivity index (χ0n) is 10.8. The molecular weight excluding hydrogens is 220 g/mol. The average Bonchev–Trinajstić information content (AvgIpc) is 2.30. The molecule has 1 atom stereocenters. The first-order chi connectivity index (χ1) is 8.10. The molecule has 1 N–H and O–H groups in total. The molecule has 1 nitrogen and oxygen atoms in total. The maximum Gasteiger partial charge on any atom is 0.130 e. The minimum absolute atomic E-state index is 0.0270. The van der Waals surface area contributed by atoms with Gasteiger partial charge in [-0.25, -0.2) is 8.78 Å². The van der Waals surface area contributed by atoms with Crippen LogP contribution >= 0.6 is 0 Å². The van der Waals surface area contributed by atoms with Crippen molar-refractivity contribution < 1.29 is 8.78 Å². The van der Waals surface area contributed by atoms with Crippen LogP contribution in [0.25, 0.3) is 0 Å². The summed E-state index contributed by atoms with van der Waals surface area (Å²) in [4.78, 5) is 0. The summed E-state index contributed by atoms with van der Waals surface area (Å²) >= 11 is 0. The summed E-state index contributed by atoms with van der Waals surface area (Å²) in [6.07, 6.45) is 4.21. The van der Waals surface area contributed by atoms with Gasteiger partial charge in [-0.2, -0.15) is 0 Å². The fraction of sp³-hybridized carbons (Fsp3) is 0.571. The molecule has 96 valence electrons. The van der Waals surface area contributed by atoms with Gasteiger partial charge in [0.1, 0.15) is 11.6 Å². The minimum atomic E-state index is -0.477. The second-order valence-electron chi connectivity index (χ2n) is 4.46. The summed E-state index contributed by atoms with van der Waals surface area (Å²) in [6.45, 7) is 3.80. The van der Waals surface area contributed by atoms with E-state index in [2.05, 4.69) is 12.2 Å². The van der Waals surface area contributed by atoms with Gasteiger partial charge < -0.3 is 5.32 Å². The Balaban J connectivity index is 2.84. The van der Waals surface area contributed by atoms with Gasteiger partial charge >= 0.3 is 0 Å². The Labute approximate surface area is 102 Å². The fourth-order valence-corrected chi connectivity index (χ4v) is 2.00. The molecule has 1 rings (SSSR count). The number of hydrogen-bond donors (Lipinski definition) is 1. The lowest BCUT2D eigenvalue weighted by Gasteiger charge is -2.18. The van der Waals surface area contributed by atoms with Crippen molar-refractivity contribution in [2.24, 2.45) is 0 Å². The Morgan fingerprint density at radius 3 is 2.47 bits per heavy atom. The molecule has 0 aliphatic carbocycles. The number of rotatable bonds is 6. The summed E-state index contributed by atoms with van der Waals surface area (Å²) < 4.78 is 26.9. The van der Waals surface area contributed by atoms with Crippen molar-refractivity contribution in [1.29, 1.82) is 0 Å². The molecule has 1 aromatic carbocycles. The van der Waals surface area contributed by atoms with Crippen LogP contribution in [0.4, 0.5) is 8.78 Å². The van der Waals surface area contributed by atoms with E-state index in [0.717, 1.165) is 31.7 Å². The van der Waals surface area contributed by atoms with Crippen LogP contribution in [0.3, 0.4) is 0 Å². The third-order valence-corrected chi connectivity index (χ3v) is 3.10. The third kappa shape index (κ3) is 3.77. The smallest absolute Gasteiger partial charge is 0.130 e. The van der Waals surface area contributed by atoms with E-state index in [-0.39, 0.29) is 6.04 Å². The van der Waals surface area contributed by atoms with Gasteiger partial charge in [-0.05, 0) is 32.0 Å². The highest BCUT2D eigenvalue weighted by Crippen LogP contribution is 2.24. The van der Waals surface area contributed by atoms with Gasteiger partial charge in [-0.15, -0.1) is 0 Å². The zero-order valence-corrected chi connectivity index (χ0v) is 10.8. The first-order valence-electron chi connectivity index (χ1n) is 6.23. The molecule has 0 fully saturated rings. The molecule has 0 amide bonds. The lowest BCUT2D eigenvalue weighted by atomic mass is 9.98. The van der Waals surface area contributed by atoms with Gasteiger partial charge in [0.2, 0.25) is 0 Å². The Morgan fingerprint density at radius 2 is 1.88 bits per heavy atom. The van der Waals surface area contributed by atoms with Crippen molar-refractivity contribution in [3.8, 4) is 0 Å². The first kappa shape index (κ1) is 14.1. The SMILES string of the molecule is CCCCCC(NC)c1cc(C)c(F)cc1F. The molecule has 17 heavy (non-hydrogen) atoms. The molecule has 0 radical (unpaired) electrons. The summed E-state index contributed by atoms with van der Waals surface area (Å²) in [6, 6.07) is 2.56. The first-order valence-corrected chi connectivity index (χ1v) is 6.23. The Kier molecular flexibility index (Phi) is 5.56. The molecule has 0 bridgehead atoms. The van der Waals surface area contributed by atoms with Crippen molar-refractivity contribution in [3.63, 3.8) is 0 Å². The van der Waals surface area contributed by atoms with E-state index >= 15 is 0 Å². The van der Waals surface area contributed by atoms with Crippen molar-refractivity contribution in [1.82, 2.24) is 5.32 Å². The van der Waals surface area contributed by atoms with Crippen LogP contribution in [-0.4, -0.2) is 7.05 Å².